The van der Waals surface area contributed by atoms with Crippen molar-refractivity contribution in [2.75, 3.05) is 11.5 Å². The first-order valence-corrected chi connectivity index (χ1v) is 14.9. The van der Waals surface area contributed by atoms with Crippen LogP contribution in [0.2, 0.25) is 0 Å². The first kappa shape index (κ1) is 27.3. The first-order valence-electron chi connectivity index (χ1n) is 11.7. The number of oxime groups is 1. The summed E-state index contributed by atoms with van der Waals surface area (Å²) in [6.07, 6.45) is 3.67. The van der Waals surface area contributed by atoms with Gasteiger partial charge in [-0.2, -0.15) is 9.36 Å². The number of nitrogens with one attached hydrogen (secondary N) is 1. The highest BCUT2D eigenvalue weighted by molar-refractivity contribution is 8.00. The summed E-state index contributed by atoms with van der Waals surface area (Å²) in [6.45, 7) is 3.51. The van der Waals surface area contributed by atoms with Crippen molar-refractivity contribution < 1.29 is 23.8 Å². The molecule has 0 aliphatic carbocycles. The maximum absolute atomic E-state index is 13.3. The molecule has 11 nitrogen and oxygen atoms in total. The molecule has 2 atom stereocenters. The average molecular weight is 603 g/mol. The molecule has 1 fully saturated rings. The van der Waals surface area contributed by atoms with E-state index in [0.717, 1.165) is 33.1 Å². The molecule has 3 aromatic rings. The number of nitrogens with two attached hydrogens (primary N) is 1. The summed E-state index contributed by atoms with van der Waals surface area (Å²) in [5, 5.41) is 7.80. The zero-order valence-corrected chi connectivity index (χ0v) is 24.4. The number of fused-ring (bicyclic) bond motifs is 1. The lowest BCUT2D eigenvalue weighted by atomic mass is 10.0. The summed E-state index contributed by atoms with van der Waals surface area (Å²) >= 11 is 7.97. The van der Waals surface area contributed by atoms with Gasteiger partial charge in [0, 0.05) is 39.4 Å². The van der Waals surface area contributed by atoms with Crippen LogP contribution in [-0.2, 0) is 26.3 Å². The van der Waals surface area contributed by atoms with Crippen molar-refractivity contribution in [3.63, 3.8) is 0 Å². The van der Waals surface area contributed by atoms with Crippen LogP contribution in [0.1, 0.15) is 24.5 Å². The molecule has 2 aliphatic rings. The van der Waals surface area contributed by atoms with Gasteiger partial charge in [-0.25, -0.2) is 4.57 Å². The lowest BCUT2D eigenvalue weighted by Gasteiger charge is -2.49. The number of pyridine rings is 1. The molecule has 0 spiro atoms. The van der Waals surface area contributed by atoms with E-state index in [1.54, 1.807) is 13.8 Å². The van der Waals surface area contributed by atoms with Crippen molar-refractivity contribution in [2.45, 2.75) is 31.4 Å². The zero-order chi connectivity index (χ0) is 27.8. The number of β-lactam (4-membered cyclic amide) rings is 1. The fraction of sp³-hybridized carbons (Fsp3) is 0.292. The highest BCUT2D eigenvalue weighted by atomic mass is 32.2. The van der Waals surface area contributed by atoms with Crippen molar-refractivity contribution in [3.8, 4) is 11.1 Å². The fourth-order valence-corrected chi connectivity index (χ4v) is 7.19. The third kappa shape index (κ3) is 5.44. The minimum absolute atomic E-state index is 0.00416. The minimum Gasteiger partial charge on any atom is -0.392 e. The summed E-state index contributed by atoms with van der Waals surface area (Å²) < 4.78 is 6.01. The maximum Gasteiger partial charge on any atom is 0.278 e. The monoisotopic (exact) mass is 602 g/mol. The van der Waals surface area contributed by atoms with Gasteiger partial charge in [-0.05, 0) is 36.9 Å². The first-order chi connectivity index (χ1) is 18.6. The molecule has 3 N–H and O–H groups in total. The molecule has 3 aromatic heterocycles. The van der Waals surface area contributed by atoms with E-state index in [4.69, 9.17) is 10.6 Å². The number of carbonyl (C=O) groups excluding carboxylic acids is 3. The number of thiol groups is 1. The van der Waals surface area contributed by atoms with E-state index in [2.05, 4.69) is 32.5 Å². The van der Waals surface area contributed by atoms with E-state index in [9.17, 15) is 14.4 Å². The molecule has 202 valence electrons. The van der Waals surface area contributed by atoms with Crippen LogP contribution in [0.25, 0.3) is 16.7 Å². The van der Waals surface area contributed by atoms with E-state index in [1.165, 1.54) is 28.0 Å². The Hall–Kier alpha value is -3.27. The van der Waals surface area contributed by atoms with Gasteiger partial charge in [-0.3, -0.25) is 19.3 Å². The molecule has 0 saturated carbocycles. The van der Waals surface area contributed by atoms with E-state index in [-0.39, 0.29) is 28.5 Å². The van der Waals surface area contributed by atoms with Crippen molar-refractivity contribution in [1.82, 2.24) is 19.6 Å². The van der Waals surface area contributed by atoms with E-state index < -0.39 is 28.3 Å². The third-order valence-corrected chi connectivity index (χ3v) is 8.88. The summed E-state index contributed by atoms with van der Waals surface area (Å²) in [5.41, 5.74) is 8.51. The Morgan fingerprint density at radius 1 is 1.36 bits per heavy atom. The molecule has 2 amide bonds. The molecule has 5 heterocycles. The van der Waals surface area contributed by atoms with Crippen LogP contribution in [0, 0.1) is 0 Å². The quantitative estimate of drug-likeness (QED) is 0.117. The molecule has 0 radical (unpaired) electrons. The largest absolute Gasteiger partial charge is 0.392 e. The van der Waals surface area contributed by atoms with Crippen LogP contribution in [0.3, 0.4) is 0 Å². The highest BCUT2D eigenvalue weighted by Gasteiger charge is 2.54. The van der Waals surface area contributed by atoms with Crippen molar-refractivity contribution in [3.05, 3.63) is 52.4 Å². The third-order valence-electron chi connectivity index (χ3n) is 5.85. The van der Waals surface area contributed by atoms with Crippen LogP contribution >= 0.6 is 47.3 Å². The number of aryl methyl sites for hydroxylation is 1. The van der Waals surface area contributed by atoms with Gasteiger partial charge in [-0.1, -0.05) is 17.8 Å². The molecule has 1 saturated heterocycles. The number of thiophene rings is 1. The van der Waals surface area contributed by atoms with E-state index in [1.807, 2.05) is 47.6 Å². The van der Waals surface area contributed by atoms with Gasteiger partial charge in [0.05, 0.1) is 0 Å². The van der Waals surface area contributed by atoms with Crippen molar-refractivity contribution in [1.29, 1.82) is 0 Å². The predicted molar refractivity (Wildman–Crippen MR) is 154 cm³/mol. The SMILES string of the molecule is CC(C)O/N=C(\C(=O)N[C@@H]1C(=O)N2C(C(=O)S)=C(c3cc(-c4ccc[n+](C)c4)cs3)CS[C@H]12)c1nsc(N)n1. The van der Waals surface area contributed by atoms with Crippen LogP contribution in [0.15, 0.2) is 46.8 Å². The van der Waals surface area contributed by atoms with Crippen LogP contribution in [-0.4, -0.2) is 60.2 Å². The van der Waals surface area contributed by atoms with Crippen molar-refractivity contribution in [2.24, 2.45) is 12.2 Å². The molecule has 15 heteroatoms. The summed E-state index contributed by atoms with van der Waals surface area (Å²) in [6, 6.07) is 5.12. The molecule has 39 heavy (non-hydrogen) atoms. The number of nitrogens with zero attached hydrogens (tertiary/aromatic N) is 5. The number of aromatic nitrogens is 3. The maximum atomic E-state index is 13.3. The van der Waals surface area contributed by atoms with Gasteiger partial charge in [0.25, 0.3) is 11.8 Å². The van der Waals surface area contributed by atoms with E-state index in [0.29, 0.717) is 5.75 Å². The fourth-order valence-electron chi connectivity index (χ4n) is 4.10. The number of anilines is 1. The summed E-state index contributed by atoms with van der Waals surface area (Å²) in [4.78, 5) is 50.6. The van der Waals surface area contributed by atoms with Crippen LogP contribution in [0.4, 0.5) is 5.13 Å². The zero-order valence-electron chi connectivity index (χ0n) is 21.0. The summed E-state index contributed by atoms with van der Waals surface area (Å²) in [5.74, 6) is -0.631. The Morgan fingerprint density at radius 2 is 2.15 bits per heavy atom. The lowest BCUT2D eigenvalue weighted by Crippen LogP contribution is -2.70. The van der Waals surface area contributed by atoms with Crippen LogP contribution < -0.4 is 15.6 Å². The standard InChI is InChI=1S/C24H23N7O4S4/c1-11(2)35-28-16(19-27-24(25)39-29-19)20(32)26-17-21(33)31-18(23(34)36)14(10-38-22(17)31)15-7-13(9-37-15)12-5-4-6-30(3)8-12/h4-9,11,17,22H,10H2,1-3H3,(H3-,25,26,27,29,32,34,36)/p+1/b28-16-/t17-,22-/m1/s1. The highest BCUT2D eigenvalue weighted by Crippen LogP contribution is 2.45. The van der Waals surface area contributed by atoms with Crippen LogP contribution in [0.5, 0.6) is 0 Å². The average Bonchev–Trinajstić information content (AvgIpc) is 3.56. The molecule has 0 aromatic carbocycles. The van der Waals surface area contributed by atoms with Gasteiger partial charge in [0.15, 0.2) is 17.5 Å². The molecule has 0 unspecified atom stereocenters. The van der Waals surface area contributed by atoms with Gasteiger partial charge >= 0.3 is 0 Å². The van der Waals surface area contributed by atoms with Gasteiger partial charge in [0.2, 0.25) is 16.7 Å². The number of hydrogen-bond acceptors (Lipinski definition) is 11. The Bertz CT molecular complexity index is 1530. The second-order valence-electron chi connectivity index (χ2n) is 9.00. The second kappa shape index (κ2) is 11.1. The number of rotatable bonds is 8. The predicted octanol–water partition coefficient (Wildman–Crippen LogP) is 2.07. The number of nitrogen functional groups attached to an aromatic ring is 1. The second-order valence-corrected chi connectivity index (χ2v) is 12.2. The normalized spacial score (nSPS) is 19.2. The molecule has 5 rings (SSSR count). The molecular weight excluding hydrogens is 579 g/mol. The van der Waals surface area contributed by atoms with Gasteiger partial charge in [-0.15, -0.1) is 23.1 Å². The number of carbonyl (C=O) groups is 3. The number of amides is 2. The molecular formula is C24H24N7O4S4+. The Labute approximate surface area is 241 Å². The lowest BCUT2D eigenvalue weighted by molar-refractivity contribution is -0.671. The molecule has 2 aliphatic heterocycles. The molecule has 0 bridgehead atoms. The van der Waals surface area contributed by atoms with Gasteiger partial charge in [0.1, 0.15) is 30.3 Å². The number of hydrogen-bond donors (Lipinski definition) is 3. The smallest absolute Gasteiger partial charge is 0.278 e. The topological polar surface area (TPSA) is 144 Å². The minimum atomic E-state index is -0.879. The Balaban J connectivity index is 1.38. The summed E-state index contributed by atoms with van der Waals surface area (Å²) in [7, 11) is 1.95. The van der Waals surface area contributed by atoms with Crippen molar-refractivity contribution >= 4 is 80.6 Å². The van der Waals surface area contributed by atoms with Gasteiger partial charge < -0.3 is 15.9 Å². The number of thioether (sulfide) groups is 1. The van der Waals surface area contributed by atoms with E-state index >= 15 is 0 Å². The Morgan fingerprint density at radius 3 is 2.82 bits per heavy atom. The Kier molecular flexibility index (Phi) is 7.75.